The fourth-order valence-corrected chi connectivity index (χ4v) is 3.37. The summed E-state index contributed by atoms with van der Waals surface area (Å²) in [5.74, 6) is 1.47. The molecule has 1 rings (SSSR count). The number of carbonyl (C=O) groups excluding carboxylic acids is 1. The molecule has 1 aromatic rings. The number of hydrogen-bond acceptors (Lipinski definition) is 5. The zero-order valence-electron chi connectivity index (χ0n) is 18.5. The molecule has 0 heterocycles. The number of ether oxygens (including phenoxy) is 3. The monoisotopic (exact) mass is 406 g/mol. The van der Waals surface area contributed by atoms with Crippen LogP contribution in [0.3, 0.4) is 0 Å². The van der Waals surface area contributed by atoms with E-state index in [1.807, 2.05) is 24.3 Å². The molecule has 0 aliphatic heterocycles. The van der Waals surface area contributed by atoms with Crippen molar-refractivity contribution in [2.24, 2.45) is 0 Å². The van der Waals surface area contributed by atoms with E-state index in [0.29, 0.717) is 6.42 Å². The van der Waals surface area contributed by atoms with Crippen molar-refractivity contribution >= 4 is 12.0 Å². The summed E-state index contributed by atoms with van der Waals surface area (Å²) >= 11 is 0. The van der Waals surface area contributed by atoms with Gasteiger partial charge in [-0.2, -0.15) is 0 Å². The van der Waals surface area contributed by atoms with Gasteiger partial charge in [0.25, 0.3) is 0 Å². The zero-order valence-corrected chi connectivity index (χ0v) is 18.5. The van der Waals surface area contributed by atoms with Crippen LogP contribution >= 0.6 is 0 Å². The summed E-state index contributed by atoms with van der Waals surface area (Å²) in [4.78, 5) is 11.2. The minimum atomic E-state index is -0.455. The predicted molar refractivity (Wildman–Crippen MR) is 118 cm³/mol. The molecule has 0 aromatic heterocycles. The minimum Gasteiger partial charge on any atom is -0.496 e. The maximum absolute atomic E-state index is 11.2. The van der Waals surface area contributed by atoms with E-state index >= 15 is 0 Å². The first-order valence-electron chi connectivity index (χ1n) is 10.7. The lowest BCUT2D eigenvalue weighted by atomic mass is 9.97. The zero-order chi connectivity index (χ0) is 21.5. The van der Waals surface area contributed by atoms with Crippen LogP contribution in [0, 0.1) is 0 Å². The lowest BCUT2D eigenvalue weighted by Gasteiger charge is -2.16. The van der Waals surface area contributed by atoms with Crippen LogP contribution in [0.5, 0.6) is 11.5 Å². The molecule has 1 N–H and O–H groups in total. The fraction of sp³-hybridized carbons (Fsp3) is 0.625. The predicted octanol–water partition coefficient (Wildman–Crippen LogP) is 5.32. The summed E-state index contributed by atoms with van der Waals surface area (Å²) < 4.78 is 15.8. The molecule has 1 unspecified atom stereocenters. The summed E-state index contributed by atoms with van der Waals surface area (Å²) in [6.07, 6.45) is 12.6. The van der Waals surface area contributed by atoms with Gasteiger partial charge in [0, 0.05) is 17.5 Å². The third-order valence-electron chi connectivity index (χ3n) is 5.09. The molecule has 0 saturated carbocycles. The Bertz CT molecular complexity index is 624. The Balaban J connectivity index is 2.79. The first-order valence-corrected chi connectivity index (χ1v) is 10.7. The fourth-order valence-electron chi connectivity index (χ4n) is 3.37. The molecule has 0 bridgehead atoms. The highest BCUT2D eigenvalue weighted by Crippen LogP contribution is 2.33. The molecule has 29 heavy (non-hydrogen) atoms. The third kappa shape index (κ3) is 9.35. The molecule has 0 aliphatic carbocycles. The van der Waals surface area contributed by atoms with Gasteiger partial charge in [-0.3, -0.25) is 4.79 Å². The average molecular weight is 407 g/mol. The van der Waals surface area contributed by atoms with Crippen molar-refractivity contribution in [1.82, 2.24) is 0 Å². The standard InChI is InChI=1S/C24H38O5/c1-5-6-9-12-19(25)15-16-21-20(22(27-2)17-18-23(21)28-3)13-10-7-8-11-14-24(26)29-4/h15-19,25H,5-14H2,1-4H3. The van der Waals surface area contributed by atoms with Gasteiger partial charge in [0.15, 0.2) is 0 Å². The molecule has 5 heteroatoms. The maximum Gasteiger partial charge on any atom is 0.305 e. The molecule has 164 valence electrons. The van der Waals surface area contributed by atoms with Crippen molar-refractivity contribution in [3.8, 4) is 11.5 Å². The van der Waals surface area contributed by atoms with E-state index in [1.165, 1.54) is 7.11 Å². The SMILES string of the molecule is CCCCCC(O)C=Cc1c(OC)ccc(OC)c1CCCCCCC(=O)OC. The number of aliphatic hydroxyl groups excluding tert-OH is 1. The maximum atomic E-state index is 11.2. The van der Waals surface area contributed by atoms with Crippen molar-refractivity contribution in [2.45, 2.75) is 77.2 Å². The van der Waals surface area contributed by atoms with Crippen LogP contribution in [0.15, 0.2) is 18.2 Å². The van der Waals surface area contributed by atoms with E-state index in [0.717, 1.165) is 80.4 Å². The highest BCUT2D eigenvalue weighted by atomic mass is 16.5. The van der Waals surface area contributed by atoms with E-state index in [-0.39, 0.29) is 5.97 Å². The van der Waals surface area contributed by atoms with E-state index < -0.39 is 6.10 Å². The van der Waals surface area contributed by atoms with Gasteiger partial charge >= 0.3 is 5.97 Å². The highest BCUT2D eigenvalue weighted by molar-refractivity contribution is 5.69. The van der Waals surface area contributed by atoms with Crippen LogP contribution < -0.4 is 9.47 Å². The number of carbonyl (C=O) groups is 1. The average Bonchev–Trinajstić information content (AvgIpc) is 2.74. The first-order chi connectivity index (χ1) is 14.1. The molecule has 0 fully saturated rings. The van der Waals surface area contributed by atoms with Crippen molar-refractivity contribution < 1.29 is 24.1 Å². The van der Waals surface area contributed by atoms with Gasteiger partial charge in [-0.25, -0.2) is 0 Å². The Labute approximate surface area is 176 Å². The van der Waals surface area contributed by atoms with Gasteiger partial charge in [-0.1, -0.05) is 51.2 Å². The van der Waals surface area contributed by atoms with Crippen LogP contribution in [0.25, 0.3) is 6.08 Å². The number of benzene rings is 1. The van der Waals surface area contributed by atoms with Gasteiger partial charge in [0.05, 0.1) is 27.4 Å². The quantitative estimate of drug-likeness (QED) is 0.315. The molecular weight excluding hydrogens is 368 g/mol. The van der Waals surface area contributed by atoms with E-state index in [2.05, 4.69) is 11.7 Å². The smallest absolute Gasteiger partial charge is 0.305 e. The van der Waals surface area contributed by atoms with Gasteiger partial charge in [0.1, 0.15) is 11.5 Å². The molecule has 0 radical (unpaired) electrons. The van der Waals surface area contributed by atoms with Crippen LogP contribution in [-0.4, -0.2) is 38.5 Å². The summed E-state index contributed by atoms with van der Waals surface area (Å²) in [6, 6.07) is 3.84. The van der Waals surface area contributed by atoms with Crippen molar-refractivity contribution in [3.63, 3.8) is 0 Å². The second kappa shape index (κ2) is 14.9. The molecule has 0 spiro atoms. The number of hydrogen-bond donors (Lipinski definition) is 1. The third-order valence-corrected chi connectivity index (χ3v) is 5.09. The first kappa shape index (κ1) is 25.0. The highest BCUT2D eigenvalue weighted by Gasteiger charge is 2.13. The molecule has 1 aromatic carbocycles. The number of unbranched alkanes of at least 4 members (excludes halogenated alkanes) is 5. The van der Waals surface area contributed by atoms with Crippen molar-refractivity contribution in [1.29, 1.82) is 0 Å². The van der Waals surface area contributed by atoms with Gasteiger partial charge in [0.2, 0.25) is 0 Å². The largest absolute Gasteiger partial charge is 0.496 e. The summed E-state index contributed by atoms with van der Waals surface area (Å²) in [6.45, 7) is 2.16. The van der Waals surface area contributed by atoms with Crippen molar-refractivity contribution in [3.05, 3.63) is 29.3 Å². The Morgan fingerprint density at radius 3 is 2.34 bits per heavy atom. The number of esters is 1. The number of rotatable bonds is 15. The van der Waals surface area contributed by atoms with Crippen LogP contribution in [0.4, 0.5) is 0 Å². The molecule has 0 amide bonds. The molecule has 0 saturated heterocycles. The summed E-state index contributed by atoms with van der Waals surface area (Å²) in [7, 11) is 4.76. The van der Waals surface area contributed by atoms with Gasteiger partial charge in [-0.05, 0) is 37.8 Å². The van der Waals surface area contributed by atoms with E-state index in [1.54, 1.807) is 14.2 Å². The molecule has 1 atom stereocenters. The number of aliphatic hydroxyl groups is 1. The number of methoxy groups -OCH3 is 3. The summed E-state index contributed by atoms with van der Waals surface area (Å²) in [5, 5.41) is 10.3. The molecule has 5 nitrogen and oxygen atoms in total. The lowest BCUT2D eigenvalue weighted by molar-refractivity contribution is -0.140. The topological polar surface area (TPSA) is 65.0 Å². The molecule has 0 aliphatic rings. The Morgan fingerprint density at radius 1 is 1.00 bits per heavy atom. The Kier molecular flexibility index (Phi) is 12.9. The summed E-state index contributed by atoms with van der Waals surface area (Å²) in [5.41, 5.74) is 2.06. The van der Waals surface area contributed by atoms with Gasteiger partial charge in [-0.15, -0.1) is 0 Å². The van der Waals surface area contributed by atoms with Crippen LogP contribution in [0.1, 0.15) is 75.8 Å². The van der Waals surface area contributed by atoms with Crippen LogP contribution in [-0.2, 0) is 16.0 Å². The Morgan fingerprint density at radius 2 is 1.69 bits per heavy atom. The van der Waals surface area contributed by atoms with Gasteiger partial charge < -0.3 is 19.3 Å². The molecular formula is C24H38O5. The lowest BCUT2D eigenvalue weighted by Crippen LogP contribution is -2.03. The van der Waals surface area contributed by atoms with E-state index in [9.17, 15) is 9.90 Å². The Hall–Kier alpha value is -2.01. The second-order valence-electron chi connectivity index (χ2n) is 7.27. The van der Waals surface area contributed by atoms with Crippen molar-refractivity contribution in [2.75, 3.05) is 21.3 Å². The van der Waals surface area contributed by atoms with E-state index in [4.69, 9.17) is 9.47 Å². The normalized spacial score (nSPS) is 12.2. The van der Waals surface area contributed by atoms with Crippen LogP contribution in [0.2, 0.25) is 0 Å². The second-order valence-corrected chi connectivity index (χ2v) is 7.27. The minimum absolute atomic E-state index is 0.149.